The van der Waals surface area contributed by atoms with Gasteiger partial charge in [-0.15, -0.1) is 0 Å². The number of rotatable bonds is 8. The monoisotopic (exact) mass is 252 g/mol. The highest BCUT2D eigenvalue weighted by Crippen LogP contribution is 2.27. The molecule has 1 unspecified atom stereocenters. The van der Waals surface area contributed by atoms with Gasteiger partial charge in [0.05, 0.1) is 13.2 Å². The first kappa shape index (κ1) is 15.0. The van der Waals surface area contributed by atoms with Crippen molar-refractivity contribution in [2.45, 2.75) is 32.7 Å². The van der Waals surface area contributed by atoms with Crippen LogP contribution in [0.25, 0.3) is 0 Å². The van der Waals surface area contributed by atoms with Gasteiger partial charge in [-0.2, -0.15) is 0 Å². The minimum atomic E-state index is 0.0525. The maximum absolute atomic E-state index is 5.63. The Kier molecular flexibility index (Phi) is 6.72. The second kappa shape index (κ2) is 8.08. The van der Waals surface area contributed by atoms with Crippen molar-refractivity contribution in [1.29, 1.82) is 0 Å². The van der Waals surface area contributed by atoms with E-state index in [-0.39, 0.29) is 6.04 Å². The highest BCUT2D eigenvalue weighted by molar-refractivity contribution is 5.39. The Bertz CT molecular complexity index is 356. The summed E-state index contributed by atoms with van der Waals surface area (Å²) >= 11 is 0. The lowest BCUT2D eigenvalue weighted by molar-refractivity contribution is 0.124. The summed E-state index contributed by atoms with van der Waals surface area (Å²) in [7, 11) is 1.68. The van der Waals surface area contributed by atoms with E-state index in [2.05, 4.69) is 25.3 Å². The number of nitrogens with one attached hydrogen (secondary N) is 1. The number of benzene rings is 1. The summed E-state index contributed by atoms with van der Waals surface area (Å²) in [6.45, 7) is 5.65. The van der Waals surface area contributed by atoms with E-state index in [1.54, 1.807) is 7.11 Å². The average molecular weight is 252 g/mol. The SMILES string of the molecule is CCCOCCC(NN)c1cc(C)ccc1OC. The van der Waals surface area contributed by atoms with Crippen LogP contribution in [-0.4, -0.2) is 20.3 Å². The molecule has 18 heavy (non-hydrogen) atoms. The first-order valence-electron chi connectivity index (χ1n) is 6.41. The maximum atomic E-state index is 5.63. The van der Waals surface area contributed by atoms with Crippen molar-refractivity contribution >= 4 is 0 Å². The molecule has 1 aromatic rings. The Labute approximate surface area is 109 Å². The number of hydrogen-bond donors (Lipinski definition) is 2. The molecule has 0 aliphatic rings. The molecule has 0 fully saturated rings. The zero-order chi connectivity index (χ0) is 13.4. The molecule has 1 atom stereocenters. The van der Waals surface area contributed by atoms with Gasteiger partial charge >= 0.3 is 0 Å². The van der Waals surface area contributed by atoms with Gasteiger partial charge in [0.15, 0.2) is 0 Å². The molecular weight excluding hydrogens is 228 g/mol. The lowest BCUT2D eigenvalue weighted by atomic mass is 10.0. The van der Waals surface area contributed by atoms with Crippen LogP contribution in [0.3, 0.4) is 0 Å². The predicted octanol–water partition coefficient (Wildman–Crippen LogP) is 2.32. The van der Waals surface area contributed by atoms with Crippen LogP contribution in [0, 0.1) is 6.92 Å². The zero-order valence-corrected chi connectivity index (χ0v) is 11.5. The molecule has 0 bridgehead atoms. The molecule has 0 heterocycles. The van der Waals surface area contributed by atoms with Crippen LogP contribution in [0.5, 0.6) is 5.75 Å². The number of hydrogen-bond acceptors (Lipinski definition) is 4. The zero-order valence-electron chi connectivity index (χ0n) is 11.5. The van der Waals surface area contributed by atoms with Crippen LogP contribution in [0.2, 0.25) is 0 Å². The van der Waals surface area contributed by atoms with E-state index >= 15 is 0 Å². The maximum Gasteiger partial charge on any atom is 0.123 e. The molecule has 0 saturated heterocycles. The Hall–Kier alpha value is -1.10. The Balaban J connectivity index is 2.71. The normalized spacial score (nSPS) is 12.4. The molecule has 1 aromatic carbocycles. The van der Waals surface area contributed by atoms with Crippen molar-refractivity contribution in [3.63, 3.8) is 0 Å². The van der Waals surface area contributed by atoms with E-state index in [0.29, 0.717) is 6.61 Å². The van der Waals surface area contributed by atoms with Crippen LogP contribution >= 0.6 is 0 Å². The van der Waals surface area contributed by atoms with Crippen molar-refractivity contribution in [3.05, 3.63) is 29.3 Å². The molecule has 4 nitrogen and oxygen atoms in total. The number of aryl methyl sites for hydroxylation is 1. The average Bonchev–Trinajstić information content (AvgIpc) is 2.39. The number of nitrogens with two attached hydrogens (primary N) is 1. The summed E-state index contributed by atoms with van der Waals surface area (Å²) in [5.74, 6) is 6.49. The van der Waals surface area contributed by atoms with E-state index in [1.807, 2.05) is 12.1 Å². The summed E-state index contributed by atoms with van der Waals surface area (Å²) in [5, 5.41) is 0. The topological polar surface area (TPSA) is 56.5 Å². The summed E-state index contributed by atoms with van der Waals surface area (Å²) < 4.78 is 10.9. The molecule has 0 spiro atoms. The molecule has 102 valence electrons. The van der Waals surface area contributed by atoms with Gasteiger partial charge in [-0.3, -0.25) is 11.3 Å². The second-order valence-electron chi connectivity index (χ2n) is 4.37. The summed E-state index contributed by atoms with van der Waals surface area (Å²) in [5.41, 5.74) is 5.12. The third kappa shape index (κ3) is 4.29. The molecular formula is C14H24N2O2. The predicted molar refractivity (Wildman–Crippen MR) is 73.5 cm³/mol. The first-order valence-corrected chi connectivity index (χ1v) is 6.41. The van der Waals surface area contributed by atoms with Gasteiger partial charge in [0.2, 0.25) is 0 Å². The second-order valence-corrected chi connectivity index (χ2v) is 4.37. The van der Waals surface area contributed by atoms with E-state index in [1.165, 1.54) is 5.56 Å². The molecule has 0 aliphatic heterocycles. The van der Waals surface area contributed by atoms with Crippen molar-refractivity contribution in [2.24, 2.45) is 5.84 Å². The van der Waals surface area contributed by atoms with Crippen molar-refractivity contribution in [3.8, 4) is 5.75 Å². The van der Waals surface area contributed by atoms with Crippen LogP contribution in [0.1, 0.15) is 36.9 Å². The smallest absolute Gasteiger partial charge is 0.123 e. The van der Waals surface area contributed by atoms with Crippen LogP contribution in [0.4, 0.5) is 0 Å². The van der Waals surface area contributed by atoms with Gasteiger partial charge in [0.1, 0.15) is 5.75 Å². The molecule has 0 radical (unpaired) electrons. The summed E-state index contributed by atoms with van der Waals surface area (Å²) in [6.07, 6.45) is 1.87. The van der Waals surface area contributed by atoms with Gasteiger partial charge in [-0.25, -0.2) is 0 Å². The van der Waals surface area contributed by atoms with Crippen LogP contribution < -0.4 is 16.0 Å². The van der Waals surface area contributed by atoms with Crippen LogP contribution in [0.15, 0.2) is 18.2 Å². The van der Waals surface area contributed by atoms with Crippen LogP contribution in [-0.2, 0) is 4.74 Å². The van der Waals surface area contributed by atoms with E-state index in [9.17, 15) is 0 Å². The van der Waals surface area contributed by atoms with Crippen molar-refractivity contribution < 1.29 is 9.47 Å². The highest BCUT2D eigenvalue weighted by Gasteiger charge is 2.14. The number of hydrazine groups is 1. The van der Waals surface area contributed by atoms with E-state index in [0.717, 1.165) is 30.8 Å². The summed E-state index contributed by atoms with van der Waals surface area (Å²) in [4.78, 5) is 0. The molecule has 0 aliphatic carbocycles. The number of methoxy groups -OCH3 is 1. The van der Waals surface area contributed by atoms with Gasteiger partial charge in [-0.1, -0.05) is 24.6 Å². The fourth-order valence-corrected chi connectivity index (χ4v) is 1.90. The summed E-state index contributed by atoms with van der Waals surface area (Å²) in [6, 6.07) is 6.16. The third-order valence-electron chi connectivity index (χ3n) is 2.86. The lowest BCUT2D eigenvalue weighted by Crippen LogP contribution is -2.29. The largest absolute Gasteiger partial charge is 0.496 e. The Morgan fingerprint density at radius 3 is 2.72 bits per heavy atom. The Morgan fingerprint density at radius 1 is 1.33 bits per heavy atom. The van der Waals surface area contributed by atoms with Gasteiger partial charge in [-0.05, 0) is 25.8 Å². The molecule has 0 saturated carbocycles. The van der Waals surface area contributed by atoms with Crippen molar-refractivity contribution in [1.82, 2.24) is 5.43 Å². The molecule has 1 rings (SSSR count). The quantitative estimate of drug-likeness (QED) is 0.423. The molecule has 0 amide bonds. The highest BCUT2D eigenvalue weighted by atomic mass is 16.5. The van der Waals surface area contributed by atoms with E-state index < -0.39 is 0 Å². The fraction of sp³-hybridized carbons (Fsp3) is 0.571. The van der Waals surface area contributed by atoms with Gasteiger partial charge in [0, 0.05) is 18.8 Å². The molecule has 4 heteroatoms. The number of ether oxygens (including phenoxy) is 2. The standard InChI is InChI=1S/C14H24N2O2/c1-4-8-18-9-7-13(16-15)12-10-11(2)5-6-14(12)17-3/h5-6,10,13,16H,4,7-9,15H2,1-3H3. The minimum absolute atomic E-state index is 0.0525. The lowest BCUT2D eigenvalue weighted by Gasteiger charge is -2.19. The first-order chi connectivity index (χ1) is 8.72. The molecule has 0 aromatic heterocycles. The van der Waals surface area contributed by atoms with Crippen molar-refractivity contribution in [2.75, 3.05) is 20.3 Å². The molecule has 3 N–H and O–H groups in total. The van der Waals surface area contributed by atoms with E-state index in [4.69, 9.17) is 15.3 Å². The van der Waals surface area contributed by atoms with Gasteiger partial charge in [0.25, 0.3) is 0 Å². The fourth-order valence-electron chi connectivity index (χ4n) is 1.90. The Morgan fingerprint density at radius 2 is 2.11 bits per heavy atom. The van der Waals surface area contributed by atoms with Gasteiger partial charge < -0.3 is 9.47 Å². The minimum Gasteiger partial charge on any atom is -0.496 e. The third-order valence-corrected chi connectivity index (χ3v) is 2.86.